The van der Waals surface area contributed by atoms with Crippen molar-refractivity contribution in [3.63, 3.8) is 0 Å². The quantitative estimate of drug-likeness (QED) is 0.792. The zero-order valence-corrected chi connectivity index (χ0v) is 16.0. The fraction of sp³-hybridized carbons (Fsp3) is 0.650. The maximum atomic E-state index is 11.9. The van der Waals surface area contributed by atoms with Gasteiger partial charge >= 0.3 is 0 Å². The molecule has 6 heteroatoms. The number of halogens is 1. The van der Waals surface area contributed by atoms with E-state index in [2.05, 4.69) is 16.3 Å². The Morgan fingerprint density at radius 2 is 2.31 bits per heavy atom. The molecule has 0 aromatic heterocycles. The van der Waals surface area contributed by atoms with Gasteiger partial charge in [-0.3, -0.25) is 9.69 Å². The highest BCUT2D eigenvalue weighted by Gasteiger charge is 2.62. The lowest BCUT2D eigenvalue weighted by atomic mass is 9.73. The van der Waals surface area contributed by atoms with Crippen LogP contribution in [0.3, 0.4) is 0 Å². The average Bonchev–Trinajstić information content (AvgIpc) is 3.28. The molecule has 3 aliphatic rings. The Labute approximate surface area is 160 Å². The van der Waals surface area contributed by atoms with Gasteiger partial charge in [0, 0.05) is 56.6 Å². The highest BCUT2D eigenvalue weighted by atomic mass is 35.5. The van der Waals surface area contributed by atoms with Crippen molar-refractivity contribution < 1.29 is 14.3 Å². The molecule has 3 fully saturated rings. The molecule has 0 radical (unpaired) electrons. The first kappa shape index (κ1) is 18.2. The maximum absolute atomic E-state index is 11.9. The fourth-order valence-electron chi connectivity index (χ4n) is 5.06. The van der Waals surface area contributed by atoms with Crippen molar-refractivity contribution in [2.45, 2.75) is 37.5 Å². The van der Waals surface area contributed by atoms with Gasteiger partial charge in [-0.05, 0) is 24.5 Å². The van der Waals surface area contributed by atoms with E-state index in [1.807, 2.05) is 18.2 Å². The molecule has 1 aromatic rings. The van der Waals surface area contributed by atoms with Crippen LogP contribution >= 0.6 is 11.6 Å². The largest absolute Gasteiger partial charge is 0.384 e. The van der Waals surface area contributed by atoms with E-state index >= 15 is 0 Å². The number of fused-ring (bicyclic) bond motifs is 1. The van der Waals surface area contributed by atoms with Crippen molar-refractivity contribution in [3.05, 3.63) is 34.9 Å². The zero-order chi connectivity index (χ0) is 18.1. The van der Waals surface area contributed by atoms with Crippen molar-refractivity contribution in [3.8, 4) is 0 Å². The predicted octanol–water partition coefficient (Wildman–Crippen LogP) is 2.47. The highest BCUT2D eigenvalue weighted by molar-refractivity contribution is 6.31. The number of ether oxygens (including phenoxy) is 2. The molecule has 2 bridgehead atoms. The summed E-state index contributed by atoms with van der Waals surface area (Å²) in [5, 5.41) is 3.92. The first-order valence-electron chi connectivity index (χ1n) is 9.50. The number of likely N-dealkylation sites (tertiary alicyclic amines) is 1. The predicted molar refractivity (Wildman–Crippen MR) is 100 cm³/mol. The number of methoxy groups -OCH3 is 1. The van der Waals surface area contributed by atoms with E-state index in [0.717, 1.165) is 37.5 Å². The van der Waals surface area contributed by atoms with Crippen molar-refractivity contribution in [2.24, 2.45) is 11.8 Å². The number of hydrogen-bond donors (Lipinski definition) is 1. The van der Waals surface area contributed by atoms with E-state index in [-0.39, 0.29) is 11.5 Å². The number of carbonyl (C=O) groups excluding carboxylic acids is 1. The van der Waals surface area contributed by atoms with Crippen LogP contribution < -0.4 is 5.32 Å². The third-order valence-electron chi connectivity index (χ3n) is 6.27. The number of benzene rings is 1. The van der Waals surface area contributed by atoms with Gasteiger partial charge in [-0.2, -0.15) is 0 Å². The SMILES string of the molecule is COCCC(=O)NC[C@H]1[C@H]2CN(Cc3ccccc3Cl)C[C@]23CC[C@H]1O3. The minimum atomic E-state index is -0.0200. The monoisotopic (exact) mass is 378 g/mol. The van der Waals surface area contributed by atoms with Gasteiger partial charge in [-0.1, -0.05) is 29.8 Å². The molecule has 1 spiro atoms. The van der Waals surface area contributed by atoms with E-state index in [4.69, 9.17) is 21.1 Å². The molecule has 1 aromatic carbocycles. The number of amides is 1. The van der Waals surface area contributed by atoms with Gasteiger partial charge in [0.05, 0.1) is 18.3 Å². The lowest BCUT2D eigenvalue weighted by molar-refractivity contribution is -0.122. The highest BCUT2D eigenvalue weighted by Crippen LogP contribution is 2.54. The molecule has 5 nitrogen and oxygen atoms in total. The van der Waals surface area contributed by atoms with Crippen LogP contribution in [0.5, 0.6) is 0 Å². The molecular formula is C20H27ClN2O3. The Bertz CT molecular complexity index is 670. The molecular weight excluding hydrogens is 352 g/mol. The summed E-state index contributed by atoms with van der Waals surface area (Å²) in [6, 6.07) is 8.06. The third kappa shape index (κ3) is 3.38. The Morgan fingerprint density at radius 3 is 3.12 bits per heavy atom. The summed E-state index contributed by atoms with van der Waals surface area (Å²) in [6.45, 7) is 4.02. The van der Waals surface area contributed by atoms with Gasteiger partial charge in [0.25, 0.3) is 0 Å². The maximum Gasteiger partial charge on any atom is 0.222 e. The molecule has 0 unspecified atom stereocenters. The topological polar surface area (TPSA) is 50.8 Å². The van der Waals surface area contributed by atoms with Gasteiger partial charge in [-0.15, -0.1) is 0 Å². The number of rotatable bonds is 7. The summed E-state index contributed by atoms with van der Waals surface area (Å²) in [6.07, 6.45) is 2.96. The second-order valence-electron chi connectivity index (χ2n) is 7.84. The average molecular weight is 379 g/mol. The van der Waals surface area contributed by atoms with E-state index in [0.29, 0.717) is 37.5 Å². The summed E-state index contributed by atoms with van der Waals surface area (Å²) in [5.41, 5.74) is 1.15. The molecule has 1 N–H and O–H groups in total. The first-order chi connectivity index (χ1) is 12.6. The number of nitrogens with zero attached hydrogens (tertiary/aromatic N) is 1. The van der Waals surface area contributed by atoms with Crippen LogP contribution in [0.15, 0.2) is 24.3 Å². The van der Waals surface area contributed by atoms with Gasteiger partial charge in [0.1, 0.15) is 0 Å². The summed E-state index contributed by atoms with van der Waals surface area (Å²) in [5.74, 6) is 0.965. The number of nitrogens with one attached hydrogen (secondary N) is 1. The summed E-state index contributed by atoms with van der Waals surface area (Å²) in [4.78, 5) is 14.4. The van der Waals surface area contributed by atoms with Gasteiger partial charge in [0.15, 0.2) is 0 Å². The van der Waals surface area contributed by atoms with Gasteiger partial charge in [-0.25, -0.2) is 0 Å². The number of hydrogen-bond acceptors (Lipinski definition) is 4. The molecule has 4 atom stereocenters. The third-order valence-corrected chi connectivity index (χ3v) is 6.64. The molecule has 0 aliphatic carbocycles. The number of carbonyl (C=O) groups is 1. The van der Waals surface area contributed by atoms with E-state index in [1.165, 1.54) is 5.56 Å². The zero-order valence-electron chi connectivity index (χ0n) is 15.2. The Kier molecular flexibility index (Phi) is 5.24. The first-order valence-corrected chi connectivity index (χ1v) is 9.88. The van der Waals surface area contributed by atoms with Crippen molar-refractivity contribution >= 4 is 17.5 Å². The normalized spacial score (nSPS) is 32.8. The van der Waals surface area contributed by atoms with Crippen LogP contribution in [0.4, 0.5) is 0 Å². The lowest BCUT2D eigenvalue weighted by Crippen LogP contribution is -2.42. The standard InChI is InChI=1S/C20H27ClN2O3/c1-25-9-7-19(24)22-10-15-16-12-23(11-14-4-2-3-5-17(14)21)13-20(16)8-6-18(15)26-20/h2-5,15-16,18H,6-13H2,1H3,(H,22,24)/t15-,16+,18+,20+/m0/s1. The molecule has 26 heavy (non-hydrogen) atoms. The molecule has 3 aliphatic heterocycles. The second kappa shape index (κ2) is 7.47. The summed E-state index contributed by atoms with van der Waals surface area (Å²) >= 11 is 6.34. The Balaban J connectivity index is 1.38. The minimum absolute atomic E-state index is 0.0200. The van der Waals surface area contributed by atoms with E-state index in [1.54, 1.807) is 7.11 Å². The van der Waals surface area contributed by atoms with Crippen LogP contribution in [-0.4, -0.2) is 55.9 Å². The van der Waals surface area contributed by atoms with Gasteiger partial charge < -0.3 is 14.8 Å². The van der Waals surface area contributed by atoms with E-state index in [9.17, 15) is 4.79 Å². The van der Waals surface area contributed by atoms with Crippen LogP contribution in [0.25, 0.3) is 0 Å². The molecule has 1 amide bonds. The Hall–Kier alpha value is -1.14. The summed E-state index contributed by atoms with van der Waals surface area (Å²) < 4.78 is 11.4. The van der Waals surface area contributed by atoms with Crippen LogP contribution in [0.2, 0.25) is 5.02 Å². The molecule has 3 heterocycles. The van der Waals surface area contributed by atoms with Crippen LogP contribution in [0, 0.1) is 11.8 Å². The van der Waals surface area contributed by atoms with Crippen LogP contribution in [0.1, 0.15) is 24.8 Å². The Morgan fingerprint density at radius 1 is 1.46 bits per heavy atom. The van der Waals surface area contributed by atoms with Crippen molar-refractivity contribution in [1.29, 1.82) is 0 Å². The fourth-order valence-corrected chi connectivity index (χ4v) is 5.26. The summed E-state index contributed by atoms with van der Waals surface area (Å²) in [7, 11) is 1.62. The molecule has 4 rings (SSSR count). The molecule has 142 valence electrons. The van der Waals surface area contributed by atoms with Crippen molar-refractivity contribution in [2.75, 3.05) is 33.4 Å². The van der Waals surface area contributed by atoms with Crippen molar-refractivity contribution in [1.82, 2.24) is 10.2 Å². The van der Waals surface area contributed by atoms with Crippen LogP contribution in [-0.2, 0) is 20.8 Å². The van der Waals surface area contributed by atoms with Gasteiger partial charge in [0.2, 0.25) is 5.91 Å². The smallest absolute Gasteiger partial charge is 0.222 e. The lowest BCUT2D eigenvalue weighted by Gasteiger charge is -2.29. The minimum Gasteiger partial charge on any atom is -0.384 e. The molecule has 3 saturated heterocycles. The van der Waals surface area contributed by atoms with E-state index < -0.39 is 0 Å². The molecule has 0 saturated carbocycles. The second-order valence-corrected chi connectivity index (χ2v) is 8.25.